The minimum atomic E-state index is -0.909. The predicted molar refractivity (Wildman–Crippen MR) is 97.6 cm³/mol. The summed E-state index contributed by atoms with van der Waals surface area (Å²) in [7, 11) is 0. The highest BCUT2D eigenvalue weighted by Gasteiger charge is 2.24. The van der Waals surface area contributed by atoms with E-state index < -0.39 is 5.92 Å². The number of carbonyl (C=O) groups is 1. The second-order valence-corrected chi connectivity index (χ2v) is 7.17. The fourth-order valence-electron chi connectivity index (χ4n) is 2.44. The van der Waals surface area contributed by atoms with Crippen molar-refractivity contribution in [3.05, 3.63) is 45.9 Å². The summed E-state index contributed by atoms with van der Waals surface area (Å²) < 4.78 is 0. The summed E-state index contributed by atoms with van der Waals surface area (Å²) in [6.07, 6.45) is 0. The lowest BCUT2D eigenvalue weighted by atomic mass is 10.0. The van der Waals surface area contributed by atoms with Gasteiger partial charge < -0.3 is 0 Å². The smallest absolute Gasteiger partial charge is 0.204 e. The molecule has 0 aliphatic heterocycles. The zero-order valence-corrected chi connectivity index (χ0v) is 15.6. The van der Waals surface area contributed by atoms with Crippen molar-refractivity contribution in [3.63, 3.8) is 0 Å². The van der Waals surface area contributed by atoms with Crippen LogP contribution in [-0.2, 0) is 11.3 Å². The second-order valence-electron chi connectivity index (χ2n) is 6.28. The SMILES string of the molecule is Cc1csc(C(C#N)C(=O)Cn2nnc(-c3ccc(C(C)C)cc3)n2)n1. The summed E-state index contributed by atoms with van der Waals surface area (Å²) in [5.41, 5.74) is 2.86. The number of rotatable bonds is 6. The molecule has 0 N–H and O–H groups in total. The normalized spacial score (nSPS) is 12.1. The summed E-state index contributed by atoms with van der Waals surface area (Å²) in [5.74, 6) is -0.316. The molecule has 1 unspecified atom stereocenters. The maximum atomic E-state index is 12.4. The lowest BCUT2D eigenvalue weighted by Crippen LogP contribution is -2.19. The molecule has 0 aliphatic carbocycles. The Morgan fingerprint density at radius 2 is 2.04 bits per heavy atom. The molecule has 3 rings (SSSR count). The Morgan fingerprint density at radius 1 is 1.31 bits per heavy atom. The highest BCUT2D eigenvalue weighted by atomic mass is 32.1. The molecule has 1 aromatic carbocycles. The first-order chi connectivity index (χ1) is 12.5. The van der Waals surface area contributed by atoms with Crippen molar-refractivity contribution in [1.82, 2.24) is 25.2 Å². The maximum Gasteiger partial charge on any atom is 0.204 e. The molecule has 0 bridgehead atoms. The third-order valence-electron chi connectivity index (χ3n) is 3.92. The zero-order chi connectivity index (χ0) is 18.7. The highest BCUT2D eigenvalue weighted by molar-refractivity contribution is 7.09. The van der Waals surface area contributed by atoms with Gasteiger partial charge in [0.15, 0.2) is 11.7 Å². The number of ketones is 1. The van der Waals surface area contributed by atoms with Crippen molar-refractivity contribution in [1.29, 1.82) is 5.26 Å². The Bertz CT molecular complexity index is 951. The van der Waals surface area contributed by atoms with Gasteiger partial charge in [-0.2, -0.15) is 10.1 Å². The minimum Gasteiger partial charge on any atom is -0.296 e. The molecular weight excluding hydrogens is 348 g/mol. The quantitative estimate of drug-likeness (QED) is 0.665. The number of thiazole rings is 1. The van der Waals surface area contributed by atoms with E-state index in [4.69, 9.17) is 0 Å². The largest absolute Gasteiger partial charge is 0.296 e. The topological polar surface area (TPSA) is 97.3 Å². The highest BCUT2D eigenvalue weighted by Crippen LogP contribution is 2.22. The van der Waals surface area contributed by atoms with E-state index in [1.165, 1.54) is 21.7 Å². The molecule has 2 heterocycles. The van der Waals surface area contributed by atoms with Crippen LogP contribution in [0, 0.1) is 18.3 Å². The van der Waals surface area contributed by atoms with Gasteiger partial charge in [0.2, 0.25) is 5.82 Å². The number of Topliss-reactive ketones (excluding diaryl/α,β-unsaturated/α-hetero) is 1. The number of carbonyl (C=O) groups excluding carboxylic acids is 1. The average Bonchev–Trinajstić information content (AvgIpc) is 3.25. The molecular formula is C18H18N6OS. The summed E-state index contributed by atoms with van der Waals surface area (Å²) >= 11 is 1.31. The fourth-order valence-corrected chi connectivity index (χ4v) is 3.30. The average molecular weight is 366 g/mol. The molecule has 0 saturated carbocycles. The molecule has 0 amide bonds. The fraction of sp³-hybridized carbons (Fsp3) is 0.333. The second kappa shape index (κ2) is 7.54. The Labute approximate surface area is 155 Å². The third-order valence-corrected chi connectivity index (χ3v) is 4.95. The van der Waals surface area contributed by atoms with Crippen molar-refractivity contribution in [2.24, 2.45) is 0 Å². The maximum absolute atomic E-state index is 12.4. The van der Waals surface area contributed by atoms with Crippen molar-refractivity contribution in [2.45, 2.75) is 39.2 Å². The van der Waals surface area contributed by atoms with Gasteiger partial charge in [-0.15, -0.1) is 21.5 Å². The molecule has 8 heteroatoms. The predicted octanol–water partition coefficient (Wildman–Crippen LogP) is 3.10. The summed E-state index contributed by atoms with van der Waals surface area (Å²) in [5, 5.41) is 23.8. The molecule has 132 valence electrons. The number of aryl methyl sites for hydroxylation is 1. The number of benzene rings is 1. The molecule has 1 atom stereocenters. The monoisotopic (exact) mass is 366 g/mol. The van der Waals surface area contributed by atoms with Gasteiger partial charge in [-0.05, 0) is 23.6 Å². The van der Waals surface area contributed by atoms with Crippen LogP contribution in [0.15, 0.2) is 29.6 Å². The van der Waals surface area contributed by atoms with Crippen LogP contribution < -0.4 is 0 Å². The van der Waals surface area contributed by atoms with Crippen LogP contribution in [0.3, 0.4) is 0 Å². The van der Waals surface area contributed by atoms with Gasteiger partial charge in [0.1, 0.15) is 11.6 Å². The molecule has 3 aromatic rings. The summed E-state index contributed by atoms with van der Waals surface area (Å²) in [4.78, 5) is 17.9. The first kappa shape index (κ1) is 17.9. The number of nitriles is 1. The number of tetrazole rings is 1. The van der Waals surface area contributed by atoms with E-state index >= 15 is 0 Å². The lowest BCUT2D eigenvalue weighted by molar-refractivity contribution is -0.120. The Morgan fingerprint density at radius 3 is 2.62 bits per heavy atom. The van der Waals surface area contributed by atoms with Crippen LogP contribution >= 0.6 is 11.3 Å². The van der Waals surface area contributed by atoms with E-state index in [-0.39, 0.29) is 12.3 Å². The number of aromatic nitrogens is 5. The van der Waals surface area contributed by atoms with Gasteiger partial charge in [-0.3, -0.25) is 4.79 Å². The first-order valence-corrected chi connectivity index (χ1v) is 9.08. The Hall–Kier alpha value is -2.92. The molecule has 7 nitrogen and oxygen atoms in total. The van der Waals surface area contributed by atoms with Crippen molar-refractivity contribution in [2.75, 3.05) is 0 Å². The van der Waals surface area contributed by atoms with Crippen molar-refractivity contribution < 1.29 is 4.79 Å². The van der Waals surface area contributed by atoms with Crippen LogP contribution in [0.5, 0.6) is 0 Å². The van der Waals surface area contributed by atoms with Gasteiger partial charge >= 0.3 is 0 Å². The van der Waals surface area contributed by atoms with Crippen LogP contribution in [0.25, 0.3) is 11.4 Å². The van der Waals surface area contributed by atoms with Crippen LogP contribution in [0.1, 0.15) is 41.9 Å². The van der Waals surface area contributed by atoms with E-state index in [2.05, 4.69) is 34.2 Å². The molecule has 26 heavy (non-hydrogen) atoms. The number of hydrogen-bond acceptors (Lipinski definition) is 7. The van der Waals surface area contributed by atoms with E-state index in [1.54, 1.807) is 0 Å². The van der Waals surface area contributed by atoms with Crippen LogP contribution in [0.2, 0.25) is 0 Å². The van der Waals surface area contributed by atoms with E-state index in [9.17, 15) is 10.1 Å². The summed E-state index contributed by atoms with van der Waals surface area (Å²) in [6.45, 7) is 5.97. The van der Waals surface area contributed by atoms with Gasteiger partial charge in [-0.25, -0.2) is 4.98 Å². The Kier molecular flexibility index (Phi) is 5.19. The van der Waals surface area contributed by atoms with Gasteiger partial charge in [-0.1, -0.05) is 38.1 Å². The van der Waals surface area contributed by atoms with Gasteiger partial charge in [0.05, 0.1) is 6.07 Å². The number of nitrogens with zero attached hydrogens (tertiary/aromatic N) is 6. The van der Waals surface area contributed by atoms with Gasteiger partial charge in [0.25, 0.3) is 0 Å². The summed E-state index contributed by atoms with van der Waals surface area (Å²) in [6, 6.07) is 9.96. The molecule has 0 fully saturated rings. The Balaban J connectivity index is 1.73. The van der Waals surface area contributed by atoms with Crippen molar-refractivity contribution >= 4 is 17.1 Å². The van der Waals surface area contributed by atoms with Crippen LogP contribution in [-0.4, -0.2) is 31.0 Å². The molecule has 0 saturated heterocycles. The standard InChI is InChI=1S/C18H18N6OS/c1-11(2)13-4-6-14(7-5-13)17-21-23-24(22-17)9-16(25)15(8-19)18-20-12(3)10-26-18/h4-7,10-11,15H,9H2,1-3H3. The van der Waals surface area contributed by atoms with Gasteiger partial charge in [0, 0.05) is 16.6 Å². The van der Waals surface area contributed by atoms with E-state index in [1.807, 2.05) is 42.6 Å². The van der Waals surface area contributed by atoms with Crippen LogP contribution in [0.4, 0.5) is 0 Å². The van der Waals surface area contributed by atoms with Crippen molar-refractivity contribution in [3.8, 4) is 17.5 Å². The molecule has 0 aliphatic rings. The lowest BCUT2D eigenvalue weighted by Gasteiger charge is -2.05. The first-order valence-electron chi connectivity index (χ1n) is 8.20. The third kappa shape index (κ3) is 3.83. The minimum absolute atomic E-state index is 0.117. The zero-order valence-electron chi connectivity index (χ0n) is 14.7. The molecule has 0 radical (unpaired) electrons. The van der Waals surface area contributed by atoms with E-state index in [0.717, 1.165) is 11.3 Å². The molecule has 2 aromatic heterocycles. The van der Waals surface area contributed by atoms with E-state index in [0.29, 0.717) is 16.7 Å². The number of hydrogen-bond donors (Lipinski definition) is 0. The molecule has 0 spiro atoms.